The number of rotatable bonds is 6. The molecule has 0 spiro atoms. The maximum Gasteiger partial charge on any atom is 0.0406 e. The number of halogens is 1. The van der Waals surface area contributed by atoms with E-state index in [1.807, 2.05) is 24.5 Å². The molecule has 2 nitrogen and oxygen atoms in total. The monoisotopic (exact) mass is 300 g/mol. The topological polar surface area (TPSA) is 16.1 Å². The van der Waals surface area contributed by atoms with Gasteiger partial charge in [0.1, 0.15) is 0 Å². The van der Waals surface area contributed by atoms with E-state index in [4.69, 9.17) is 11.6 Å². The third-order valence-corrected chi connectivity index (χ3v) is 4.67. The van der Waals surface area contributed by atoms with Gasteiger partial charge in [-0.25, -0.2) is 0 Å². The van der Waals surface area contributed by atoms with E-state index in [0.29, 0.717) is 5.41 Å². The van der Waals surface area contributed by atoms with Crippen LogP contribution >= 0.6 is 11.6 Å². The summed E-state index contributed by atoms with van der Waals surface area (Å²) in [6, 6.07) is 12.6. The van der Waals surface area contributed by atoms with Crippen molar-refractivity contribution in [2.24, 2.45) is 0 Å². The lowest BCUT2D eigenvalue weighted by Crippen LogP contribution is -2.30. The van der Waals surface area contributed by atoms with Crippen LogP contribution in [0.1, 0.15) is 24.0 Å². The zero-order valence-corrected chi connectivity index (χ0v) is 13.2. The van der Waals surface area contributed by atoms with Gasteiger partial charge in [0.15, 0.2) is 0 Å². The zero-order chi connectivity index (χ0) is 14.7. The van der Waals surface area contributed by atoms with Gasteiger partial charge in [-0.3, -0.25) is 4.98 Å². The molecule has 110 valence electrons. The second-order valence-corrected chi connectivity index (χ2v) is 6.57. The summed E-state index contributed by atoms with van der Waals surface area (Å²) in [6.45, 7) is 2.21. The molecule has 1 aromatic carbocycles. The predicted octanol–water partition coefficient (Wildman–Crippen LogP) is 3.94. The summed E-state index contributed by atoms with van der Waals surface area (Å²) >= 11 is 5.99. The Balaban J connectivity index is 1.57. The van der Waals surface area contributed by atoms with Gasteiger partial charge in [-0.05, 0) is 61.7 Å². The normalized spacial score (nSPS) is 16.1. The van der Waals surface area contributed by atoms with Crippen LogP contribution in [0, 0.1) is 0 Å². The van der Waals surface area contributed by atoms with Crippen LogP contribution in [0.2, 0.25) is 5.02 Å². The lowest BCUT2D eigenvalue weighted by molar-refractivity contribution is 0.305. The minimum atomic E-state index is 0.359. The van der Waals surface area contributed by atoms with E-state index in [1.165, 1.54) is 24.0 Å². The van der Waals surface area contributed by atoms with Crippen molar-refractivity contribution in [1.82, 2.24) is 9.88 Å². The summed E-state index contributed by atoms with van der Waals surface area (Å²) < 4.78 is 0. The maximum absolute atomic E-state index is 5.99. The molecule has 0 radical (unpaired) electrons. The molecule has 0 saturated heterocycles. The maximum atomic E-state index is 5.99. The molecule has 3 heteroatoms. The van der Waals surface area contributed by atoms with Gasteiger partial charge in [-0.2, -0.15) is 0 Å². The summed E-state index contributed by atoms with van der Waals surface area (Å²) in [5.41, 5.74) is 3.15. The first kappa shape index (κ1) is 14.6. The fourth-order valence-electron chi connectivity index (χ4n) is 2.96. The van der Waals surface area contributed by atoms with Gasteiger partial charge in [0, 0.05) is 35.9 Å². The Bertz CT molecular complexity index is 576. The average molecular weight is 301 g/mol. The highest BCUT2D eigenvalue weighted by molar-refractivity contribution is 6.30. The molecule has 1 aliphatic carbocycles. The molecule has 1 saturated carbocycles. The Morgan fingerprint density at radius 3 is 2.38 bits per heavy atom. The van der Waals surface area contributed by atoms with Crippen LogP contribution < -0.4 is 0 Å². The number of hydrogen-bond donors (Lipinski definition) is 0. The van der Waals surface area contributed by atoms with Gasteiger partial charge in [0.2, 0.25) is 0 Å². The minimum Gasteiger partial charge on any atom is -0.305 e. The first-order valence-corrected chi connectivity index (χ1v) is 7.89. The van der Waals surface area contributed by atoms with Crippen molar-refractivity contribution >= 4 is 11.6 Å². The Morgan fingerprint density at radius 2 is 1.76 bits per heavy atom. The van der Waals surface area contributed by atoms with Crippen molar-refractivity contribution < 1.29 is 0 Å². The van der Waals surface area contributed by atoms with Crippen LogP contribution in [0.25, 0.3) is 0 Å². The molecule has 0 N–H and O–H groups in total. The average Bonchev–Trinajstić information content (AvgIpc) is 3.27. The van der Waals surface area contributed by atoms with E-state index in [-0.39, 0.29) is 0 Å². The van der Waals surface area contributed by atoms with Gasteiger partial charge in [-0.1, -0.05) is 23.7 Å². The van der Waals surface area contributed by atoms with E-state index < -0.39 is 0 Å². The molecular formula is C18H21ClN2. The molecule has 0 unspecified atom stereocenters. The predicted molar refractivity (Wildman–Crippen MR) is 87.8 cm³/mol. The molecule has 2 aromatic rings. The smallest absolute Gasteiger partial charge is 0.0406 e. The molecule has 0 aliphatic heterocycles. The standard InChI is InChI=1S/C18H21ClN2/c1-21(13-8-15-6-11-20-12-7-15)14-18(9-10-18)16-2-4-17(19)5-3-16/h2-7,11-12H,8-10,13-14H2,1H3. The summed E-state index contributed by atoms with van der Waals surface area (Å²) in [5.74, 6) is 0. The SMILES string of the molecule is CN(CCc1ccncc1)CC1(c2ccc(Cl)cc2)CC1. The van der Waals surface area contributed by atoms with E-state index in [1.54, 1.807) is 0 Å². The third kappa shape index (κ3) is 3.63. The summed E-state index contributed by atoms with van der Waals surface area (Å²) in [6.07, 6.45) is 7.38. The lowest BCUT2D eigenvalue weighted by Gasteiger charge is -2.24. The molecule has 1 fully saturated rings. The molecule has 21 heavy (non-hydrogen) atoms. The number of pyridine rings is 1. The highest BCUT2D eigenvalue weighted by Crippen LogP contribution is 2.48. The van der Waals surface area contributed by atoms with Crippen LogP contribution in [-0.4, -0.2) is 30.0 Å². The Hall–Kier alpha value is -1.38. The van der Waals surface area contributed by atoms with Crippen LogP contribution in [0.15, 0.2) is 48.8 Å². The fraction of sp³-hybridized carbons (Fsp3) is 0.389. The molecule has 1 heterocycles. The molecule has 0 atom stereocenters. The quantitative estimate of drug-likeness (QED) is 0.803. The zero-order valence-electron chi connectivity index (χ0n) is 12.4. The summed E-state index contributed by atoms with van der Waals surface area (Å²) in [7, 11) is 2.22. The molecule has 3 rings (SSSR count). The highest BCUT2D eigenvalue weighted by atomic mass is 35.5. The number of nitrogens with zero attached hydrogens (tertiary/aromatic N) is 2. The van der Waals surface area contributed by atoms with E-state index in [9.17, 15) is 0 Å². The first-order valence-electron chi connectivity index (χ1n) is 7.51. The second-order valence-electron chi connectivity index (χ2n) is 6.13. The lowest BCUT2D eigenvalue weighted by atomic mass is 9.95. The van der Waals surface area contributed by atoms with Gasteiger partial charge >= 0.3 is 0 Å². The van der Waals surface area contributed by atoms with Crippen molar-refractivity contribution in [3.8, 4) is 0 Å². The van der Waals surface area contributed by atoms with Gasteiger partial charge in [0.05, 0.1) is 0 Å². The van der Waals surface area contributed by atoms with Crippen LogP contribution in [0.5, 0.6) is 0 Å². The molecule has 0 bridgehead atoms. The Labute approximate surface area is 131 Å². The molecule has 1 aromatic heterocycles. The van der Waals surface area contributed by atoms with Crippen LogP contribution in [0.3, 0.4) is 0 Å². The van der Waals surface area contributed by atoms with Crippen molar-refractivity contribution in [1.29, 1.82) is 0 Å². The van der Waals surface area contributed by atoms with Crippen molar-refractivity contribution in [3.05, 3.63) is 64.9 Å². The van der Waals surface area contributed by atoms with Crippen LogP contribution in [0.4, 0.5) is 0 Å². The fourth-order valence-corrected chi connectivity index (χ4v) is 3.08. The van der Waals surface area contributed by atoms with Crippen molar-refractivity contribution in [3.63, 3.8) is 0 Å². The summed E-state index contributed by atoms with van der Waals surface area (Å²) in [5, 5.41) is 0.820. The minimum absolute atomic E-state index is 0.359. The second kappa shape index (κ2) is 6.17. The van der Waals surface area contributed by atoms with Crippen LogP contribution in [-0.2, 0) is 11.8 Å². The van der Waals surface area contributed by atoms with Gasteiger partial charge in [-0.15, -0.1) is 0 Å². The number of hydrogen-bond acceptors (Lipinski definition) is 2. The first-order chi connectivity index (χ1) is 10.2. The highest BCUT2D eigenvalue weighted by Gasteiger charge is 2.44. The van der Waals surface area contributed by atoms with Gasteiger partial charge < -0.3 is 4.90 Å². The molecule has 1 aliphatic rings. The largest absolute Gasteiger partial charge is 0.305 e. The molecular weight excluding hydrogens is 280 g/mol. The van der Waals surface area contributed by atoms with Crippen molar-refractivity contribution in [2.75, 3.05) is 20.1 Å². The van der Waals surface area contributed by atoms with E-state index in [2.05, 4.69) is 41.2 Å². The number of likely N-dealkylation sites (N-methyl/N-ethyl adjacent to an activating group) is 1. The van der Waals surface area contributed by atoms with Gasteiger partial charge in [0.25, 0.3) is 0 Å². The van der Waals surface area contributed by atoms with Crippen molar-refractivity contribution in [2.45, 2.75) is 24.7 Å². The Morgan fingerprint density at radius 1 is 1.10 bits per heavy atom. The van der Waals surface area contributed by atoms with E-state index >= 15 is 0 Å². The van der Waals surface area contributed by atoms with E-state index in [0.717, 1.165) is 24.5 Å². The molecule has 0 amide bonds. The number of aromatic nitrogens is 1. The Kier molecular flexibility index (Phi) is 4.27. The third-order valence-electron chi connectivity index (χ3n) is 4.41. The summed E-state index contributed by atoms with van der Waals surface area (Å²) in [4.78, 5) is 6.51. The number of benzene rings is 1.